The van der Waals surface area contributed by atoms with Crippen LogP contribution in [-0.4, -0.2) is 55.1 Å². The zero-order valence-corrected chi connectivity index (χ0v) is 24.8. The molecule has 0 saturated heterocycles. The smallest absolute Gasteiger partial charge is 0.222 e. The van der Waals surface area contributed by atoms with Gasteiger partial charge in [-0.05, 0) is 98.1 Å². The number of thioether (sulfide) groups is 1. The minimum absolute atomic E-state index is 0.290. The maximum Gasteiger partial charge on any atom is 0.222 e. The Hall–Kier alpha value is -2.60. The molecule has 0 saturated carbocycles. The Morgan fingerprint density at radius 3 is 2.37 bits per heavy atom. The predicted octanol–water partition coefficient (Wildman–Crippen LogP) is 8.04. The molecule has 1 heterocycles. The first-order chi connectivity index (χ1) is 18.5. The molecule has 1 amide bonds. The summed E-state index contributed by atoms with van der Waals surface area (Å²) >= 11 is 1.99. The molecule has 1 N–H and O–H groups in total. The van der Waals surface area contributed by atoms with Crippen molar-refractivity contribution in [2.75, 3.05) is 39.3 Å². The first-order valence-electron chi connectivity index (χ1n) is 14.1. The van der Waals surface area contributed by atoms with Gasteiger partial charge >= 0.3 is 0 Å². The number of amides is 1. The van der Waals surface area contributed by atoms with Crippen LogP contribution in [0.15, 0.2) is 36.4 Å². The molecular formula is C32H46N2O3S. The molecule has 5 nitrogen and oxygen atoms in total. The molecule has 2 aromatic carbocycles. The monoisotopic (exact) mass is 538 g/mol. The highest BCUT2D eigenvalue weighted by Gasteiger charge is 2.16. The van der Waals surface area contributed by atoms with Crippen LogP contribution in [0.4, 0.5) is 0 Å². The Bertz CT molecular complexity index is 1140. The summed E-state index contributed by atoms with van der Waals surface area (Å²) < 4.78 is 11.1. The Morgan fingerprint density at radius 2 is 1.66 bits per heavy atom. The molecule has 0 radical (unpaired) electrons. The highest BCUT2D eigenvalue weighted by atomic mass is 32.2. The fourth-order valence-electron chi connectivity index (χ4n) is 5.00. The normalized spacial score (nSPS) is 11.2. The van der Waals surface area contributed by atoms with Crippen LogP contribution < -0.4 is 9.47 Å². The summed E-state index contributed by atoms with van der Waals surface area (Å²) in [6.45, 7) is 5.25. The standard InChI is InChI=1S/C32H46N2O3S/c1-6-7-21-34(3)30(35)14-12-23-38-22-11-9-8-10-13-27-29(37-5)20-19-28-31(27)24(2)32(33-28)25-15-17-26(36-4)18-16-25/h15-20,33H,6-14,21-23H2,1-5H3. The summed E-state index contributed by atoms with van der Waals surface area (Å²) in [6, 6.07) is 12.4. The molecule has 0 aliphatic rings. The van der Waals surface area contributed by atoms with E-state index in [1.807, 2.05) is 35.8 Å². The molecule has 0 unspecified atom stereocenters. The molecule has 0 aliphatic carbocycles. The SMILES string of the molecule is CCCCN(C)C(=O)CCCSCCCCCCc1c(OC)ccc2[nH]c(-c3ccc(OC)cc3)c(C)c12. The fraction of sp³-hybridized carbons (Fsp3) is 0.531. The van der Waals surface area contributed by atoms with Gasteiger partial charge in [-0.15, -0.1) is 0 Å². The molecule has 3 aromatic rings. The Balaban J connectivity index is 1.45. The number of ether oxygens (including phenoxy) is 2. The van der Waals surface area contributed by atoms with Crippen LogP contribution in [0.25, 0.3) is 22.2 Å². The van der Waals surface area contributed by atoms with Crippen molar-refractivity contribution in [3.63, 3.8) is 0 Å². The van der Waals surface area contributed by atoms with Crippen LogP contribution in [-0.2, 0) is 11.2 Å². The second-order valence-corrected chi connectivity index (χ2v) is 11.3. The van der Waals surface area contributed by atoms with Crippen molar-refractivity contribution in [2.24, 2.45) is 0 Å². The third-order valence-corrected chi connectivity index (χ3v) is 8.45. The van der Waals surface area contributed by atoms with E-state index in [4.69, 9.17) is 9.47 Å². The third-order valence-electron chi connectivity index (χ3n) is 7.30. The molecule has 6 heteroatoms. The second-order valence-electron chi connectivity index (χ2n) is 10.1. The first-order valence-corrected chi connectivity index (χ1v) is 15.3. The van der Waals surface area contributed by atoms with Gasteiger partial charge in [0, 0.05) is 42.2 Å². The highest BCUT2D eigenvalue weighted by molar-refractivity contribution is 7.99. The van der Waals surface area contributed by atoms with Crippen LogP contribution >= 0.6 is 11.8 Å². The van der Waals surface area contributed by atoms with Gasteiger partial charge in [0.05, 0.1) is 14.2 Å². The Kier molecular flexibility index (Phi) is 12.4. The van der Waals surface area contributed by atoms with Crippen molar-refractivity contribution >= 4 is 28.6 Å². The number of fused-ring (bicyclic) bond motifs is 1. The van der Waals surface area contributed by atoms with Gasteiger partial charge < -0.3 is 19.4 Å². The lowest BCUT2D eigenvalue weighted by Crippen LogP contribution is -2.27. The zero-order chi connectivity index (χ0) is 27.3. The van der Waals surface area contributed by atoms with Crippen LogP contribution in [0.2, 0.25) is 0 Å². The van der Waals surface area contributed by atoms with Crippen LogP contribution in [0.1, 0.15) is 69.4 Å². The number of benzene rings is 2. The number of rotatable bonds is 17. The molecule has 0 bridgehead atoms. The van der Waals surface area contributed by atoms with E-state index in [2.05, 4.69) is 43.1 Å². The predicted molar refractivity (Wildman–Crippen MR) is 163 cm³/mol. The molecular weight excluding hydrogens is 492 g/mol. The van der Waals surface area contributed by atoms with Gasteiger partial charge in [0.1, 0.15) is 11.5 Å². The largest absolute Gasteiger partial charge is 0.497 e. The summed E-state index contributed by atoms with van der Waals surface area (Å²) in [6.07, 6.45) is 9.76. The number of hydrogen-bond donors (Lipinski definition) is 1. The van der Waals surface area contributed by atoms with E-state index in [9.17, 15) is 4.79 Å². The molecule has 0 atom stereocenters. The van der Waals surface area contributed by atoms with E-state index in [0.717, 1.165) is 72.7 Å². The summed E-state index contributed by atoms with van der Waals surface area (Å²) in [5.41, 5.74) is 6.06. The van der Waals surface area contributed by atoms with Crippen LogP contribution in [0.3, 0.4) is 0 Å². The van der Waals surface area contributed by atoms with E-state index < -0.39 is 0 Å². The van der Waals surface area contributed by atoms with Crippen molar-refractivity contribution in [1.29, 1.82) is 0 Å². The lowest BCUT2D eigenvalue weighted by atomic mass is 9.98. The van der Waals surface area contributed by atoms with Gasteiger partial charge in [-0.1, -0.05) is 26.2 Å². The van der Waals surface area contributed by atoms with Gasteiger partial charge in [-0.2, -0.15) is 11.8 Å². The molecule has 38 heavy (non-hydrogen) atoms. The van der Waals surface area contributed by atoms with Gasteiger partial charge in [-0.3, -0.25) is 4.79 Å². The first kappa shape index (κ1) is 29.9. The summed E-state index contributed by atoms with van der Waals surface area (Å²) in [7, 11) is 5.39. The maximum absolute atomic E-state index is 12.1. The minimum Gasteiger partial charge on any atom is -0.497 e. The Labute approximate surface area is 233 Å². The summed E-state index contributed by atoms with van der Waals surface area (Å²) in [4.78, 5) is 17.7. The minimum atomic E-state index is 0.290. The molecule has 0 aliphatic heterocycles. The van der Waals surface area contributed by atoms with Crippen LogP contribution in [0, 0.1) is 6.92 Å². The molecule has 208 valence electrons. The third kappa shape index (κ3) is 8.20. The van der Waals surface area contributed by atoms with Gasteiger partial charge in [0.2, 0.25) is 5.91 Å². The van der Waals surface area contributed by atoms with Gasteiger partial charge in [-0.25, -0.2) is 0 Å². The van der Waals surface area contributed by atoms with Gasteiger partial charge in [0.15, 0.2) is 0 Å². The number of nitrogens with one attached hydrogen (secondary N) is 1. The van der Waals surface area contributed by atoms with E-state index in [-0.39, 0.29) is 0 Å². The lowest BCUT2D eigenvalue weighted by Gasteiger charge is -2.16. The number of carbonyl (C=O) groups is 1. The summed E-state index contributed by atoms with van der Waals surface area (Å²) in [5.74, 6) is 4.39. The van der Waals surface area contributed by atoms with Crippen molar-refractivity contribution in [1.82, 2.24) is 9.88 Å². The number of methoxy groups -OCH3 is 2. The number of aryl methyl sites for hydroxylation is 2. The molecule has 3 rings (SSSR count). The average molecular weight is 539 g/mol. The second kappa shape index (κ2) is 15.7. The average Bonchev–Trinajstić information content (AvgIpc) is 3.28. The quantitative estimate of drug-likeness (QED) is 0.177. The lowest BCUT2D eigenvalue weighted by molar-refractivity contribution is -0.129. The van der Waals surface area contributed by atoms with Crippen molar-refractivity contribution < 1.29 is 14.3 Å². The van der Waals surface area contributed by atoms with E-state index >= 15 is 0 Å². The van der Waals surface area contributed by atoms with Crippen molar-refractivity contribution in [3.05, 3.63) is 47.5 Å². The number of H-pyrrole nitrogens is 1. The maximum atomic E-state index is 12.1. The highest BCUT2D eigenvalue weighted by Crippen LogP contribution is 2.37. The number of carbonyl (C=O) groups excluding carboxylic acids is 1. The number of aromatic amines is 1. The number of aromatic nitrogens is 1. The van der Waals surface area contributed by atoms with Crippen molar-refractivity contribution in [3.8, 4) is 22.8 Å². The number of unbranched alkanes of at least 4 members (excludes halogenated alkanes) is 4. The number of nitrogens with zero attached hydrogens (tertiary/aromatic N) is 1. The van der Waals surface area contributed by atoms with E-state index in [1.165, 1.54) is 41.5 Å². The van der Waals surface area contributed by atoms with E-state index in [0.29, 0.717) is 12.3 Å². The molecule has 1 aromatic heterocycles. The van der Waals surface area contributed by atoms with E-state index in [1.54, 1.807) is 14.2 Å². The van der Waals surface area contributed by atoms with Crippen molar-refractivity contribution in [2.45, 2.75) is 71.6 Å². The van der Waals surface area contributed by atoms with Gasteiger partial charge in [0.25, 0.3) is 0 Å². The topological polar surface area (TPSA) is 54.6 Å². The molecule has 0 spiro atoms. The Morgan fingerprint density at radius 1 is 0.921 bits per heavy atom. The van der Waals surface area contributed by atoms with Crippen LogP contribution in [0.5, 0.6) is 11.5 Å². The molecule has 0 fully saturated rings. The zero-order valence-electron chi connectivity index (χ0n) is 24.0. The fourth-order valence-corrected chi connectivity index (χ4v) is 5.96. The number of hydrogen-bond acceptors (Lipinski definition) is 4. The summed E-state index contributed by atoms with van der Waals surface area (Å²) in [5, 5.41) is 1.29.